The van der Waals surface area contributed by atoms with Crippen LogP contribution in [0.15, 0.2) is 18.2 Å². The molecule has 6 heteroatoms. The standard InChI is InChI=1S/C12H17N3O3/c1-9-4-2-5-10(15-9)8-14-12(18)13-7-3-6-11(16)17/h2,4-5H,3,6-8H2,1H3,(H,16,17)(H2,13,14,18). The number of nitrogens with one attached hydrogen (secondary N) is 2. The average molecular weight is 251 g/mol. The second kappa shape index (κ2) is 7.26. The first-order valence-corrected chi connectivity index (χ1v) is 5.74. The van der Waals surface area contributed by atoms with E-state index >= 15 is 0 Å². The first kappa shape index (κ1) is 14.0. The lowest BCUT2D eigenvalue weighted by molar-refractivity contribution is -0.137. The summed E-state index contributed by atoms with van der Waals surface area (Å²) in [6.45, 7) is 2.58. The van der Waals surface area contributed by atoms with Gasteiger partial charge in [0.1, 0.15) is 0 Å². The molecule has 0 saturated heterocycles. The molecule has 3 N–H and O–H groups in total. The number of carboxylic acid groups (broad SMARTS) is 1. The Morgan fingerprint density at radius 1 is 1.33 bits per heavy atom. The molecule has 6 nitrogen and oxygen atoms in total. The van der Waals surface area contributed by atoms with Gasteiger partial charge in [-0.1, -0.05) is 6.07 Å². The Labute approximate surface area is 105 Å². The van der Waals surface area contributed by atoms with Crippen LogP contribution in [0.3, 0.4) is 0 Å². The highest BCUT2D eigenvalue weighted by molar-refractivity contribution is 5.73. The number of nitrogens with zero attached hydrogens (tertiary/aromatic N) is 1. The number of hydrogen-bond acceptors (Lipinski definition) is 3. The van der Waals surface area contributed by atoms with E-state index in [2.05, 4.69) is 15.6 Å². The minimum atomic E-state index is -0.860. The van der Waals surface area contributed by atoms with Crippen molar-refractivity contribution in [3.8, 4) is 0 Å². The van der Waals surface area contributed by atoms with Gasteiger partial charge in [-0.25, -0.2) is 4.79 Å². The van der Waals surface area contributed by atoms with Gasteiger partial charge >= 0.3 is 12.0 Å². The molecule has 0 fully saturated rings. The Hall–Kier alpha value is -2.11. The zero-order chi connectivity index (χ0) is 13.4. The van der Waals surface area contributed by atoms with Gasteiger partial charge in [0.15, 0.2) is 0 Å². The predicted molar refractivity (Wildman–Crippen MR) is 66.1 cm³/mol. The highest BCUT2D eigenvalue weighted by atomic mass is 16.4. The van der Waals surface area contributed by atoms with Gasteiger partial charge in [0.2, 0.25) is 0 Å². The molecular formula is C12H17N3O3. The first-order valence-electron chi connectivity index (χ1n) is 5.74. The predicted octanol–water partition coefficient (Wildman–Crippen LogP) is 1.05. The normalized spacial score (nSPS) is 9.83. The molecule has 0 aliphatic rings. The van der Waals surface area contributed by atoms with Crippen LogP contribution in [0.2, 0.25) is 0 Å². The van der Waals surface area contributed by atoms with Crippen molar-refractivity contribution in [2.75, 3.05) is 6.54 Å². The van der Waals surface area contributed by atoms with Crippen molar-refractivity contribution in [3.05, 3.63) is 29.6 Å². The van der Waals surface area contributed by atoms with Gasteiger partial charge in [0, 0.05) is 18.7 Å². The molecule has 0 bridgehead atoms. The molecule has 18 heavy (non-hydrogen) atoms. The number of carbonyl (C=O) groups excluding carboxylic acids is 1. The number of aryl methyl sites for hydroxylation is 1. The average Bonchev–Trinajstić information content (AvgIpc) is 2.32. The Kier molecular flexibility index (Phi) is 5.63. The highest BCUT2D eigenvalue weighted by Crippen LogP contribution is 1.97. The van der Waals surface area contributed by atoms with Crippen molar-refractivity contribution in [2.45, 2.75) is 26.3 Å². The second-order valence-electron chi connectivity index (χ2n) is 3.88. The molecule has 1 aromatic rings. The molecule has 1 aromatic heterocycles. The van der Waals surface area contributed by atoms with Crippen LogP contribution in [0.1, 0.15) is 24.2 Å². The van der Waals surface area contributed by atoms with Crippen LogP contribution in [-0.4, -0.2) is 28.6 Å². The Morgan fingerprint density at radius 3 is 2.78 bits per heavy atom. The molecule has 0 aliphatic carbocycles. The molecule has 2 amide bonds. The summed E-state index contributed by atoms with van der Waals surface area (Å²) in [6.07, 6.45) is 0.477. The number of urea groups is 1. The van der Waals surface area contributed by atoms with Crippen LogP contribution in [0.25, 0.3) is 0 Å². The maximum Gasteiger partial charge on any atom is 0.315 e. The van der Waals surface area contributed by atoms with Crippen molar-refractivity contribution < 1.29 is 14.7 Å². The quantitative estimate of drug-likeness (QED) is 0.659. The summed E-state index contributed by atoms with van der Waals surface area (Å²) in [4.78, 5) is 25.8. The minimum Gasteiger partial charge on any atom is -0.481 e. The lowest BCUT2D eigenvalue weighted by atomic mass is 10.3. The number of hydrogen-bond donors (Lipinski definition) is 3. The summed E-state index contributed by atoms with van der Waals surface area (Å²) < 4.78 is 0. The summed E-state index contributed by atoms with van der Waals surface area (Å²) in [5.74, 6) is -0.860. The van der Waals surface area contributed by atoms with E-state index in [1.807, 2.05) is 25.1 Å². The van der Waals surface area contributed by atoms with Crippen molar-refractivity contribution in [1.29, 1.82) is 0 Å². The van der Waals surface area contributed by atoms with Gasteiger partial charge in [-0.05, 0) is 25.5 Å². The number of amides is 2. The zero-order valence-corrected chi connectivity index (χ0v) is 10.3. The highest BCUT2D eigenvalue weighted by Gasteiger charge is 2.02. The third-order valence-electron chi connectivity index (χ3n) is 2.23. The SMILES string of the molecule is Cc1cccc(CNC(=O)NCCCC(=O)O)n1. The van der Waals surface area contributed by atoms with Crippen LogP contribution >= 0.6 is 0 Å². The van der Waals surface area contributed by atoms with Gasteiger partial charge in [-0.2, -0.15) is 0 Å². The summed E-state index contributed by atoms with van der Waals surface area (Å²) in [5.41, 5.74) is 1.69. The summed E-state index contributed by atoms with van der Waals surface area (Å²) in [7, 11) is 0. The van der Waals surface area contributed by atoms with Crippen LogP contribution in [0, 0.1) is 6.92 Å². The van der Waals surface area contributed by atoms with Gasteiger partial charge in [-0.15, -0.1) is 0 Å². The lowest BCUT2D eigenvalue weighted by Gasteiger charge is -2.07. The summed E-state index contributed by atoms with van der Waals surface area (Å²) in [5, 5.41) is 13.7. The van der Waals surface area contributed by atoms with E-state index in [1.165, 1.54) is 0 Å². The Balaban J connectivity index is 2.19. The maximum absolute atomic E-state index is 11.3. The van der Waals surface area contributed by atoms with Crippen molar-refractivity contribution in [1.82, 2.24) is 15.6 Å². The fourth-order valence-corrected chi connectivity index (χ4v) is 1.37. The van der Waals surface area contributed by atoms with Crippen LogP contribution in [0.5, 0.6) is 0 Å². The van der Waals surface area contributed by atoms with E-state index < -0.39 is 5.97 Å². The molecule has 0 saturated carbocycles. The maximum atomic E-state index is 11.3. The Bertz CT molecular complexity index is 421. The van der Waals surface area contributed by atoms with Crippen LogP contribution in [0.4, 0.5) is 4.79 Å². The fourth-order valence-electron chi connectivity index (χ4n) is 1.37. The number of aromatic nitrogens is 1. The zero-order valence-electron chi connectivity index (χ0n) is 10.3. The van der Waals surface area contributed by atoms with E-state index in [4.69, 9.17) is 5.11 Å². The van der Waals surface area contributed by atoms with Crippen molar-refractivity contribution >= 4 is 12.0 Å². The largest absolute Gasteiger partial charge is 0.481 e. The summed E-state index contributed by atoms with van der Waals surface area (Å²) >= 11 is 0. The van der Waals surface area contributed by atoms with Crippen LogP contribution < -0.4 is 10.6 Å². The van der Waals surface area contributed by atoms with E-state index in [0.29, 0.717) is 19.5 Å². The van der Waals surface area contributed by atoms with Gasteiger partial charge in [0.25, 0.3) is 0 Å². The molecule has 98 valence electrons. The molecule has 1 rings (SSSR count). The fraction of sp³-hybridized carbons (Fsp3) is 0.417. The first-order chi connectivity index (χ1) is 8.58. The molecule has 0 aromatic carbocycles. The smallest absolute Gasteiger partial charge is 0.315 e. The third kappa shape index (κ3) is 5.83. The van der Waals surface area contributed by atoms with Crippen LogP contribution in [-0.2, 0) is 11.3 Å². The van der Waals surface area contributed by atoms with E-state index in [-0.39, 0.29) is 12.5 Å². The minimum absolute atomic E-state index is 0.0553. The van der Waals surface area contributed by atoms with Gasteiger partial charge in [-0.3, -0.25) is 9.78 Å². The van der Waals surface area contributed by atoms with E-state index in [1.54, 1.807) is 0 Å². The molecule has 0 atom stereocenters. The third-order valence-corrected chi connectivity index (χ3v) is 2.23. The van der Waals surface area contributed by atoms with Gasteiger partial charge in [0.05, 0.1) is 12.2 Å². The molecule has 0 spiro atoms. The number of carbonyl (C=O) groups is 2. The molecule has 0 radical (unpaired) electrons. The number of pyridine rings is 1. The lowest BCUT2D eigenvalue weighted by Crippen LogP contribution is -2.35. The molecule has 0 unspecified atom stereocenters. The van der Waals surface area contributed by atoms with E-state index in [0.717, 1.165) is 11.4 Å². The summed E-state index contributed by atoms with van der Waals surface area (Å²) in [6, 6.07) is 5.28. The Morgan fingerprint density at radius 2 is 2.11 bits per heavy atom. The number of carboxylic acids is 1. The van der Waals surface area contributed by atoms with E-state index in [9.17, 15) is 9.59 Å². The number of rotatable bonds is 6. The van der Waals surface area contributed by atoms with Gasteiger partial charge < -0.3 is 15.7 Å². The molecule has 0 aliphatic heterocycles. The molecular weight excluding hydrogens is 234 g/mol. The number of aliphatic carboxylic acids is 1. The molecule has 1 heterocycles. The monoisotopic (exact) mass is 251 g/mol. The second-order valence-corrected chi connectivity index (χ2v) is 3.88. The topological polar surface area (TPSA) is 91.3 Å². The van der Waals surface area contributed by atoms with Crippen molar-refractivity contribution in [3.63, 3.8) is 0 Å². The van der Waals surface area contributed by atoms with Crippen molar-refractivity contribution in [2.24, 2.45) is 0 Å².